The molecule has 18 heavy (non-hydrogen) atoms. The lowest BCUT2D eigenvalue weighted by molar-refractivity contribution is -0.130. The van der Waals surface area contributed by atoms with Gasteiger partial charge in [-0.25, -0.2) is 0 Å². The van der Waals surface area contributed by atoms with Gasteiger partial charge in [0.15, 0.2) is 0 Å². The molecule has 2 unspecified atom stereocenters. The van der Waals surface area contributed by atoms with Crippen LogP contribution in [0.2, 0.25) is 0 Å². The van der Waals surface area contributed by atoms with Gasteiger partial charge in [0, 0.05) is 20.6 Å². The number of rotatable bonds is 4. The molecule has 1 heterocycles. The van der Waals surface area contributed by atoms with E-state index in [0.717, 1.165) is 13.0 Å². The van der Waals surface area contributed by atoms with E-state index in [1.165, 1.54) is 32.1 Å². The van der Waals surface area contributed by atoms with Gasteiger partial charge in [-0.1, -0.05) is 12.8 Å². The molecule has 2 aliphatic rings. The van der Waals surface area contributed by atoms with Crippen LogP contribution in [0, 0.1) is 0 Å². The molecule has 4 heteroatoms. The summed E-state index contributed by atoms with van der Waals surface area (Å²) in [7, 11) is 3.58. The maximum absolute atomic E-state index is 11.7. The maximum atomic E-state index is 11.7. The third kappa shape index (κ3) is 3.04. The van der Waals surface area contributed by atoms with Crippen LogP contribution in [0.25, 0.3) is 0 Å². The Balaban J connectivity index is 1.73. The van der Waals surface area contributed by atoms with Gasteiger partial charge in [-0.05, 0) is 32.6 Å². The lowest BCUT2D eigenvalue weighted by Gasteiger charge is -2.25. The first-order valence-corrected chi connectivity index (χ1v) is 7.15. The number of nitrogens with one attached hydrogen (secondary N) is 1. The summed E-state index contributed by atoms with van der Waals surface area (Å²) in [5.74, 6) is 0.128. The first-order chi connectivity index (χ1) is 8.52. The first-order valence-electron chi connectivity index (χ1n) is 7.15. The SMILES string of the molecule is CC(NCC1CCC2(CCCC2)O1)C(=O)N(C)C. The summed E-state index contributed by atoms with van der Waals surface area (Å²) in [4.78, 5) is 13.4. The predicted molar refractivity (Wildman–Crippen MR) is 71.5 cm³/mol. The minimum atomic E-state index is -0.122. The molecule has 1 amide bonds. The normalized spacial score (nSPS) is 27.6. The summed E-state index contributed by atoms with van der Waals surface area (Å²) in [5, 5.41) is 3.30. The quantitative estimate of drug-likeness (QED) is 0.827. The van der Waals surface area contributed by atoms with E-state index in [0.29, 0.717) is 6.10 Å². The molecule has 0 bridgehead atoms. The van der Waals surface area contributed by atoms with Crippen molar-refractivity contribution in [2.45, 2.75) is 63.2 Å². The molecule has 4 nitrogen and oxygen atoms in total. The van der Waals surface area contributed by atoms with E-state index < -0.39 is 0 Å². The van der Waals surface area contributed by atoms with E-state index in [4.69, 9.17) is 4.74 Å². The van der Waals surface area contributed by atoms with Crippen LogP contribution in [-0.4, -0.2) is 49.2 Å². The van der Waals surface area contributed by atoms with Gasteiger partial charge < -0.3 is 15.0 Å². The molecule has 1 N–H and O–H groups in total. The number of carbonyl (C=O) groups excluding carboxylic acids is 1. The highest BCUT2D eigenvalue weighted by Gasteiger charge is 2.42. The Morgan fingerprint density at radius 1 is 1.39 bits per heavy atom. The summed E-state index contributed by atoms with van der Waals surface area (Å²) in [6.45, 7) is 2.71. The topological polar surface area (TPSA) is 41.6 Å². The van der Waals surface area contributed by atoms with E-state index >= 15 is 0 Å². The number of likely N-dealkylation sites (N-methyl/N-ethyl adjacent to an activating group) is 1. The Hall–Kier alpha value is -0.610. The summed E-state index contributed by atoms with van der Waals surface area (Å²) < 4.78 is 6.21. The van der Waals surface area contributed by atoms with Crippen molar-refractivity contribution in [2.24, 2.45) is 0 Å². The van der Waals surface area contributed by atoms with Crippen LogP contribution in [0.3, 0.4) is 0 Å². The number of nitrogens with zero attached hydrogens (tertiary/aromatic N) is 1. The molecule has 1 saturated heterocycles. The van der Waals surface area contributed by atoms with Crippen LogP contribution in [0.1, 0.15) is 45.4 Å². The first kappa shape index (κ1) is 13.8. The van der Waals surface area contributed by atoms with E-state index in [1.807, 2.05) is 6.92 Å². The monoisotopic (exact) mass is 254 g/mol. The van der Waals surface area contributed by atoms with Gasteiger partial charge in [-0.2, -0.15) is 0 Å². The molecule has 0 aromatic carbocycles. The van der Waals surface area contributed by atoms with Crippen molar-refractivity contribution in [2.75, 3.05) is 20.6 Å². The molecule has 1 aliphatic carbocycles. The molecule has 1 spiro atoms. The Kier molecular flexibility index (Phi) is 4.28. The summed E-state index contributed by atoms with van der Waals surface area (Å²) in [6.07, 6.45) is 7.72. The molecule has 0 radical (unpaired) electrons. The number of hydrogen-bond donors (Lipinski definition) is 1. The molecular weight excluding hydrogens is 228 g/mol. The summed E-state index contributed by atoms with van der Waals surface area (Å²) in [5.41, 5.74) is 0.196. The van der Waals surface area contributed by atoms with Crippen LogP contribution in [0.15, 0.2) is 0 Å². The fraction of sp³-hybridized carbons (Fsp3) is 0.929. The van der Waals surface area contributed by atoms with E-state index in [-0.39, 0.29) is 17.6 Å². The third-order valence-corrected chi connectivity index (χ3v) is 4.32. The smallest absolute Gasteiger partial charge is 0.238 e. The van der Waals surface area contributed by atoms with Crippen molar-refractivity contribution in [1.82, 2.24) is 10.2 Å². The molecule has 1 saturated carbocycles. The van der Waals surface area contributed by atoms with Crippen LogP contribution in [0.4, 0.5) is 0 Å². The van der Waals surface area contributed by atoms with Gasteiger partial charge in [-0.15, -0.1) is 0 Å². The van der Waals surface area contributed by atoms with Gasteiger partial charge in [0.05, 0.1) is 17.7 Å². The van der Waals surface area contributed by atoms with Crippen LogP contribution in [0.5, 0.6) is 0 Å². The third-order valence-electron chi connectivity index (χ3n) is 4.32. The standard InChI is InChI=1S/C14H26N2O2/c1-11(13(17)16(2)3)15-10-12-6-9-14(18-12)7-4-5-8-14/h11-12,15H,4-10H2,1-3H3. The zero-order valence-electron chi connectivity index (χ0n) is 11.9. The highest BCUT2D eigenvalue weighted by atomic mass is 16.5. The second kappa shape index (κ2) is 5.57. The number of carbonyl (C=O) groups is 1. The van der Waals surface area contributed by atoms with Crippen molar-refractivity contribution in [1.29, 1.82) is 0 Å². The number of amides is 1. The van der Waals surface area contributed by atoms with Crippen molar-refractivity contribution in [3.63, 3.8) is 0 Å². The fourth-order valence-electron chi connectivity index (χ4n) is 3.21. The molecule has 1 aliphatic heterocycles. The number of hydrogen-bond acceptors (Lipinski definition) is 3. The molecule has 2 fully saturated rings. The van der Waals surface area contributed by atoms with Crippen LogP contribution in [-0.2, 0) is 9.53 Å². The average Bonchev–Trinajstić information content (AvgIpc) is 2.96. The minimum Gasteiger partial charge on any atom is -0.370 e. The van der Waals surface area contributed by atoms with Gasteiger partial charge in [0.1, 0.15) is 0 Å². The highest BCUT2D eigenvalue weighted by molar-refractivity contribution is 5.80. The summed E-state index contributed by atoms with van der Waals surface area (Å²) >= 11 is 0. The summed E-state index contributed by atoms with van der Waals surface area (Å²) in [6, 6.07) is -0.122. The molecule has 2 rings (SSSR count). The van der Waals surface area contributed by atoms with Crippen LogP contribution >= 0.6 is 0 Å². The molecular formula is C14H26N2O2. The Morgan fingerprint density at radius 3 is 2.67 bits per heavy atom. The molecule has 2 atom stereocenters. The van der Waals surface area contributed by atoms with Crippen molar-refractivity contribution in [3.8, 4) is 0 Å². The molecule has 0 aromatic heterocycles. The van der Waals surface area contributed by atoms with Gasteiger partial charge in [0.25, 0.3) is 0 Å². The van der Waals surface area contributed by atoms with Crippen molar-refractivity contribution >= 4 is 5.91 Å². The largest absolute Gasteiger partial charge is 0.370 e. The zero-order valence-corrected chi connectivity index (χ0v) is 11.9. The second-order valence-electron chi connectivity index (χ2n) is 6.03. The highest BCUT2D eigenvalue weighted by Crippen LogP contribution is 2.43. The predicted octanol–water partition coefficient (Wildman–Crippen LogP) is 1.54. The maximum Gasteiger partial charge on any atom is 0.238 e. The van der Waals surface area contributed by atoms with Crippen molar-refractivity contribution in [3.05, 3.63) is 0 Å². The fourth-order valence-corrected chi connectivity index (χ4v) is 3.21. The lowest BCUT2D eigenvalue weighted by Crippen LogP contribution is -2.44. The Morgan fingerprint density at radius 2 is 2.06 bits per heavy atom. The average molecular weight is 254 g/mol. The van der Waals surface area contributed by atoms with Crippen LogP contribution < -0.4 is 5.32 Å². The molecule has 104 valence electrons. The molecule has 0 aromatic rings. The van der Waals surface area contributed by atoms with E-state index in [1.54, 1.807) is 19.0 Å². The van der Waals surface area contributed by atoms with E-state index in [2.05, 4.69) is 5.32 Å². The van der Waals surface area contributed by atoms with Gasteiger partial charge in [-0.3, -0.25) is 4.79 Å². The lowest BCUT2D eigenvalue weighted by atomic mass is 9.98. The zero-order chi connectivity index (χ0) is 13.2. The second-order valence-corrected chi connectivity index (χ2v) is 6.03. The van der Waals surface area contributed by atoms with Gasteiger partial charge >= 0.3 is 0 Å². The minimum absolute atomic E-state index is 0.122. The van der Waals surface area contributed by atoms with E-state index in [9.17, 15) is 4.79 Å². The Labute approximate surface area is 110 Å². The van der Waals surface area contributed by atoms with Gasteiger partial charge in [0.2, 0.25) is 5.91 Å². The van der Waals surface area contributed by atoms with Crippen molar-refractivity contribution < 1.29 is 9.53 Å². The number of ether oxygens (including phenoxy) is 1. The Bertz CT molecular complexity index is 298.